The molecule has 0 unspecified atom stereocenters. The first-order valence-corrected chi connectivity index (χ1v) is 8.64. The molecule has 0 aliphatic rings. The van der Waals surface area contributed by atoms with E-state index in [0.717, 1.165) is 5.56 Å². The molecule has 3 rings (SSSR count). The van der Waals surface area contributed by atoms with Crippen molar-refractivity contribution in [1.82, 2.24) is 5.32 Å². The van der Waals surface area contributed by atoms with Crippen molar-refractivity contribution in [2.24, 2.45) is 0 Å². The van der Waals surface area contributed by atoms with E-state index in [-0.39, 0.29) is 5.70 Å². The summed E-state index contributed by atoms with van der Waals surface area (Å²) in [4.78, 5) is 25.4. The van der Waals surface area contributed by atoms with E-state index in [1.54, 1.807) is 48.5 Å². The molecule has 3 aromatic rings. The first-order chi connectivity index (χ1) is 13.6. The molecule has 0 saturated carbocycles. The normalized spacial score (nSPS) is 11.0. The van der Waals surface area contributed by atoms with E-state index in [9.17, 15) is 9.59 Å². The number of anilines is 1. The average Bonchev–Trinajstić information content (AvgIpc) is 3.21. The third-order valence-corrected chi connectivity index (χ3v) is 3.96. The highest BCUT2D eigenvalue weighted by atomic mass is 16.5. The molecule has 0 bridgehead atoms. The molecule has 0 fully saturated rings. The second-order valence-corrected chi connectivity index (χ2v) is 6.05. The molecule has 28 heavy (non-hydrogen) atoms. The van der Waals surface area contributed by atoms with E-state index in [4.69, 9.17) is 9.15 Å². The van der Waals surface area contributed by atoms with Gasteiger partial charge in [0.25, 0.3) is 11.8 Å². The summed E-state index contributed by atoms with van der Waals surface area (Å²) in [5.41, 5.74) is 1.95. The van der Waals surface area contributed by atoms with Crippen LogP contribution in [0.4, 0.5) is 5.69 Å². The quantitative estimate of drug-likeness (QED) is 0.637. The molecule has 0 atom stereocenters. The molecule has 2 N–H and O–H groups in total. The summed E-state index contributed by atoms with van der Waals surface area (Å²) in [6, 6.07) is 17.5. The van der Waals surface area contributed by atoms with E-state index in [0.29, 0.717) is 22.8 Å². The minimum absolute atomic E-state index is 0.0485. The van der Waals surface area contributed by atoms with Crippen LogP contribution in [0.15, 0.2) is 77.0 Å². The molecule has 6 heteroatoms. The van der Waals surface area contributed by atoms with Crippen LogP contribution in [0.2, 0.25) is 0 Å². The summed E-state index contributed by atoms with van der Waals surface area (Å²) in [7, 11) is 1.52. The molecule has 0 saturated heterocycles. The Balaban J connectivity index is 1.88. The molecule has 1 aromatic heterocycles. The molecule has 0 spiro atoms. The second-order valence-electron chi connectivity index (χ2n) is 6.05. The molecule has 142 valence electrons. The van der Waals surface area contributed by atoms with Gasteiger partial charge in [-0.1, -0.05) is 24.3 Å². The van der Waals surface area contributed by atoms with Crippen molar-refractivity contribution in [3.63, 3.8) is 0 Å². The van der Waals surface area contributed by atoms with Gasteiger partial charge in [-0.05, 0) is 48.9 Å². The van der Waals surface area contributed by atoms with E-state index in [1.807, 2.05) is 19.1 Å². The summed E-state index contributed by atoms with van der Waals surface area (Å²) in [5, 5.41) is 5.44. The number of furan rings is 1. The number of ether oxygens (including phenoxy) is 1. The summed E-state index contributed by atoms with van der Waals surface area (Å²) in [6.07, 6.45) is 2.96. The second kappa shape index (κ2) is 8.73. The van der Waals surface area contributed by atoms with Crippen LogP contribution in [-0.4, -0.2) is 18.9 Å². The number of carbonyl (C=O) groups is 2. The number of hydrogen-bond donors (Lipinski definition) is 2. The number of amides is 2. The van der Waals surface area contributed by atoms with E-state index in [1.165, 1.54) is 19.4 Å². The van der Waals surface area contributed by atoms with Gasteiger partial charge < -0.3 is 19.8 Å². The van der Waals surface area contributed by atoms with Gasteiger partial charge in [-0.15, -0.1) is 0 Å². The summed E-state index contributed by atoms with van der Waals surface area (Å²) < 4.78 is 10.6. The maximum atomic E-state index is 12.9. The predicted octanol–water partition coefficient (Wildman–Crippen LogP) is 4.01. The summed E-state index contributed by atoms with van der Waals surface area (Å²) in [5.74, 6) is 0.0646. The smallest absolute Gasteiger partial charge is 0.272 e. The minimum atomic E-state index is -0.496. The zero-order chi connectivity index (χ0) is 19.9. The Bertz CT molecular complexity index is 993. The third-order valence-electron chi connectivity index (χ3n) is 3.96. The van der Waals surface area contributed by atoms with Gasteiger partial charge in [0.2, 0.25) is 0 Å². The molecule has 0 radical (unpaired) electrons. The molecule has 1 heterocycles. The Morgan fingerprint density at radius 3 is 2.50 bits per heavy atom. The summed E-state index contributed by atoms with van der Waals surface area (Å²) in [6.45, 7) is 1.91. The van der Waals surface area contributed by atoms with Crippen LogP contribution in [0.3, 0.4) is 0 Å². The first-order valence-electron chi connectivity index (χ1n) is 8.64. The van der Waals surface area contributed by atoms with Gasteiger partial charge in [-0.3, -0.25) is 9.59 Å². The largest absolute Gasteiger partial charge is 0.495 e. The lowest BCUT2D eigenvalue weighted by Crippen LogP contribution is -2.30. The van der Waals surface area contributed by atoms with Gasteiger partial charge in [0.1, 0.15) is 17.2 Å². The molecule has 0 aliphatic carbocycles. The lowest BCUT2D eigenvalue weighted by molar-refractivity contribution is -0.113. The van der Waals surface area contributed by atoms with Crippen molar-refractivity contribution in [2.45, 2.75) is 6.92 Å². The monoisotopic (exact) mass is 376 g/mol. The average molecular weight is 376 g/mol. The van der Waals surface area contributed by atoms with Gasteiger partial charge in [-0.2, -0.15) is 0 Å². The van der Waals surface area contributed by atoms with Crippen LogP contribution in [0.1, 0.15) is 21.7 Å². The van der Waals surface area contributed by atoms with Crippen molar-refractivity contribution < 1.29 is 18.7 Å². The fourth-order valence-electron chi connectivity index (χ4n) is 2.57. The number of nitrogens with one attached hydrogen (secondary N) is 2. The molecule has 0 aliphatic heterocycles. The fraction of sp³-hybridized carbons (Fsp3) is 0.0909. The number of aryl methyl sites for hydroxylation is 1. The maximum Gasteiger partial charge on any atom is 0.272 e. The summed E-state index contributed by atoms with van der Waals surface area (Å²) >= 11 is 0. The maximum absolute atomic E-state index is 12.9. The van der Waals surface area contributed by atoms with Crippen LogP contribution in [0, 0.1) is 6.92 Å². The number of benzene rings is 2. The molecular weight excluding hydrogens is 356 g/mol. The van der Waals surface area contributed by atoms with Crippen molar-refractivity contribution in [2.75, 3.05) is 12.4 Å². The van der Waals surface area contributed by atoms with Gasteiger partial charge in [0.15, 0.2) is 0 Å². The molecule has 2 amide bonds. The van der Waals surface area contributed by atoms with Crippen molar-refractivity contribution in [3.05, 3.63) is 89.5 Å². The number of rotatable bonds is 6. The fourth-order valence-corrected chi connectivity index (χ4v) is 2.57. The van der Waals surface area contributed by atoms with Crippen LogP contribution in [0.5, 0.6) is 5.75 Å². The van der Waals surface area contributed by atoms with Crippen LogP contribution in [0.25, 0.3) is 6.08 Å². The lowest BCUT2D eigenvalue weighted by Gasteiger charge is -2.13. The topological polar surface area (TPSA) is 80.6 Å². The lowest BCUT2D eigenvalue weighted by atomic mass is 10.2. The van der Waals surface area contributed by atoms with Crippen molar-refractivity contribution >= 4 is 23.6 Å². The zero-order valence-corrected chi connectivity index (χ0v) is 15.6. The van der Waals surface area contributed by atoms with Gasteiger partial charge >= 0.3 is 0 Å². The van der Waals surface area contributed by atoms with Gasteiger partial charge in [0, 0.05) is 11.6 Å². The van der Waals surface area contributed by atoms with Gasteiger partial charge in [0.05, 0.1) is 19.1 Å². The third kappa shape index (κ3) is 4.67. The Labute approximate surface area is 162 Å². The van der Waals surface area contributed by atoms with E-state index >= 15 is 0 Å². The highest BCUT2D eigenvalue weighted by Gasteiger charge is 2.17. The number of carbonyl (C=O) groups excluding carboxylic acids is 2. The zero-order valence-electron chi connectivity index (χ0n) is 15.6. The van der Waals surface area contributed by atoms with E-state index in [2.05, 4.69) is 10.6 Å². The minimum Gasteiger partial charge on any atom is -0.495 e. The van der Waals surface area contributed by atoms with Crippen molar-refractivity contribution in [1.29, 1.82) is 0 Å². The Morgan fingerprint density at radius 1 is 1.04 bits per heavy atom. The Morgan fingerprint density at radius 2 is 1.82 bits per heavy atom. The molecular formula is C22H20N2O4. The number of hydrogen-bond acceptors (Lipinski definition) is 4. The molecule has 2 aromatic carbocycles. The van der Waals surface area contributed by atoms with Crippen LogP contribution >= 0.6 is 0 Å². The van der Waals surface area contributed by atoms with Crippen LogP contribution < -0.4 is 15.4 Å². The van der Waals surface area contributed by atoms with Gasteiger partial charge in [-0.25, -0.2) is 0 Å². The Hall–Kier alpha value is -3.80. The van der Waals surface area contributed by atoms with E-state index < -0.39 is 11.8 Å². The molecule has 6 nitrogen and oxygen atoms in total. The number of methoxy groups -OCH3 is 1. The standard InChI is InChI=1S/C22H20N2O4/c1-15-10-11-20(27-2)18(13-15)23-22(26)19(14-17-9-6-12-28-17)24-21(25)16-7-4-3-5-8-16/h3-14H,1-2H3,(H,23,26)(H,24,25)/b19-14-. The SMILES string of the molecule is COc1ccc(C)cc1NC(=O)/C(=C/c1ccco1)NC(=O)c1ccccc1. The highest BCUT2D eigenvalue weighted by Crippen LogP contribution is 2.25. The Kier molecular flexibility index (Phi) is 5.91. The van der Waals surface area contributed by atoms with Crippen LogP contribution in [-0.2, 0) is 4.79 Å². The highest BCUT2D eigenvalue weighted by molar-refractivity contribution is 6.11. The predicted molar refractivity (Wildman–Crippen MR) is 107 cm³/mol. The van der Waals surface area contributed by atoms with Crippen molar-refractivity contribution in [3.8, 4) is 5.75 Å². The first kappa shape index (κ1) is 19.0.